The van der Waals surface area contributed by atoms with Gasteiger partial charge in [0.05, 0.1) is 21.4 Å². The van der Waals surface area contributed by atoms with Crippen LogP contribution in [0.1, 0.15) is 47.6 Å². The van der Waals surface area contributed by atoms with Gasteiger partial charge in [-0.25, -0.2) is 4.98 Å². The summed E-state index contributed by atoms with van der Waals surface area (Å²) in [5, 5.41) is 5.35. The maximum Gasteiger partial charge on any atom is 0.249 e. The smallest absolute Gasteiger partial charge is 0.249 e. The quantitative estimate of drug-likeness (QED) is 0.689. The molecule has 6 nitrogen and oxygen atoms in total. The first-order valence-corrected chi connectivity index (χ1v) is 8.65. The van der Waals surface area contributed by atoms with Crippen LogP contribution >= 0.6 is 11.8 Å². The van der Waals surface area contributed by atoms with Crippen LogP contribution in [0.2, 0.25) is 0 Å². The Morgan fingerprint density at radius 3 is 2.88 bits per heavy atom. The Hall–Kier alpha value is -2.41. The third-order valence-corrected chi connectivity index (χ3v) is 4.57. The van der Waals surface area contributed by atoms with Crippen molar-refractivity contribution in [1.82, 2.24) is 15.1 Å². The minimum absolute atomic E-state index is 0.0718. The molecule has 0 aliphatic rings. The predicted octanol–water partition coefficient (Wildman–Crippen LogP) is 3.52. The third-order valence-electron chi connectivity index (χ3n) is 3.56. The van der Waals surface area contributed by atoms with Gasteiger partial charge in [-0.2, -0.15) is 4.98 Å². The van der Waals surface area contributed by atoms with E-state index in [2.05, 4.69) is 22.0 Å². The highest BCUT2D eigenvalue weighted by Crippen LogP contribution is 2.34. The molecule has 0 spiro atoms. The molecular weight excluding hydrogens is 324 g/mol. The number of carbonyl (C=O) groups excluding carboxylic acids is 1. The van der Waals surface area contributed by atoms with E-state index in [9.17, 15) is 4.79 Å². The summed E-state index contributed by atoms with van der Waals surface area (Å²) in [5.41, 5.74) is 6.71. The summed E-state index contributed by atoms with van der Waals surface area (Å²) in [6.45, 7) is 4.04. The highest BCUT2D eigenvalue weighted by atomic mass is 32.2. The lowest BCUT2D eigenvalue weighted by Gasteiger charge is -2.09. The highest BCUT2D eigenvalue weighted by molar-refractivity contribution is 7.99. The summed E-state index contributed by atoms with van der Waals surface area (Å²) >= 11 is 1.46. The number of nitrogens with two attached hydrogens (primary N) is 1. The van der Waals surface area contributed by atoms with Crippen LogP contribution in [-0.4, -0.2) is 21.0 Å². The molecule has 1 aromatic carbocycles. The van der Waals surface area contributed by atoms with Gasteiger partial charge in [0.15, 0.2) is 5.82 Å². The number of aryl methyl sites for hydroxylation is 1. The molecule has 3 rings (SSSR count). The van der Waals surface area contributed by atoms with E-state index in [4.69, 9.17) is 10.3 Å². The van der Waals surface area contributed by atoms with Crippen LogP contribution in [-0.2, 0) is 6.42 Å². The molecule has 24 heavy (non-hydrogen) atoms. The minimum Gasteiger partial charge on any atom is -0.366 e. The SMILES string of the molecule is CCCc1noc([C@H](C)Sc2cc(C(N)=O)c3ccccc3n2)n1. The zero-order valence-corrected chi connectivity index (χ0v) is 14.3. The average molecular weight is 342 g/mol. The lowest BCUT2D eigenvalue weighted by molar-refractivity contribution is 0.100. The second-order valence-electron chi connectivity index (χ2n) is 5.45. The van der Waals surface area contributed by atoms with Crippen molar-refractivity contribution in [2.45, 2.75) is 37.0 Å². The van der Waals surface area contributed by atoms with Crippen molar-refractivity contribution in [2.24, 2.45) is 5.73 Å². The van der Waals surface area contributed by atoms with Crippen LogP contribution in [0, 0.1) is 0 Å². The third kappa shape index (κ3) is 3.41. The van der Waals surface area contributed by atoms with Gasteiger partial charge in [-0.1, -0.05) is 42.0 Å². The van der Waals surface area contributed by atoms with Gasteiger partial charge in [0.2, 0.25) is 11.8 Å². The molecule has 3 aromatic rings. The fourth-order valence-electron chi connectivity index (χ4n) is 2.40. The molecule has 0 saturated heterocycles. The van der Waals surface area contributed by atoms with E-state index in [1.807, 2.05) is 31.2 Å². The number of pyridine rings is 1. The van der Waals surface area contributed by atoms with Crippen molar-refractivity contribution in [3.8, 4) is 0 Å². The van der Waals surface area contributed by atoms with E-state index in [1.54, 1.807) is 6.07 Å². The Bertz CT molecular complexity index is 878. The van der Waals surface area contributed by atoms with Crippen LogP contribution in [0.4, 0.5) is 0 Å². The molecule has 0 aliphatic heterocycles. The first-order chi connectivity index (χ1) is 11.6. The Morgan fingerprint density at radius 1 is 1.33 bits per heavy atom. The van der Waals surface area contributed by atoms with Crippen molar-refractivity contribution >= 4 is 28.6 Å². The molecule has 1 amide bonds. The molecule has 0 aliphatic carbocycles. The van der Waals surface area contributed by atoms with Crippen molar-refractivity contribution in [1.29, 1.82) is 0 Å². The molecule has 0 bridgehead atoms. The average Bonchev–Trinajstić information content (AvgIpc) is 3.03. The van der Waals surface area contributed by atoms with E-state index >= 15 is 0 Å². The molecule has 7 heteroatoms. The molecule has 124 valence electrons. The number of amides is 1. The number of hydrogen-bond donors (Lipinski definition) is 1. The van der Waals surface area contributed by atoms with Gasteiger partial charge < -0.3 is 10.3 Å². The molecule has 1 atom stereocenters. The first kappa shape index (κ1) is 16.4. The van der Waals surface area contributed by atoms with Gasteiger partial charge >= 0.3 is 0 Å². The lowest BCUT2D eigenvalue weighted by Crippen LogP contribution is -2.12. The number of carbonyl (C=O) groups is 1. The molecule has 0 radical (unpaired) electrons. The monoisotopic (exact) mass is 342 g/mol. The van der Waals surface area contributed by atoms with Crippen LogP contribution in [0.15, 0.2) is 39.9 Å². The fraction of sp³-hybridized carbons (Fsp3) is 0.294. The Morgan fingerprint density at radius 2 is 2.12 bits per heavy atom. The van der Waals surface area contributed by atoms with Crippen LogP contribution in [0.25, 0.3) is 10.9 Å². The Balaban J connectivity index is 1.90. The normalized spacial score (nSPS) is 12.4. The summed E-state index contributed by atoms with van der Waals surface area (Å²) in [6.07, 6.45) is 1.76. The van der Waals surface area contributed by atoms with Gasteiger partial charge in [0, 0.05) is 11.8 Å². The summed E-state index contributed by atoms with van der Waals surface area (Å²) in [6, 6.07) is 9.17. The number of rotatable bonds is 6. The molecular formula is C17H18N4O2S. The second-order valence-corrected chi connectivity index (χ2v) is 6.81. The number of hydrogen-bond acceptors (Lipinski definition) is 6. The number of nitrogens with zero attached hydrogens (tertiary/aromatic N) is 3. The van der Waals surface area contributed by atoms with Gasteiger partial charge in [-0.15, -0.1) is 0 Å². The molecule has 0 saturated carbocycles. The molecule has 2 aromatic heterocycles. The maximum atomic E-state index is 11.7. The standard InChI is InChI=1S/C17H18N4O2S/c1-3-6-14-20-17(23-21-14)10(2)24-15-9-12(16(18)22)11-7-4-5-8-13(11)19-15/h4-5,7-10H,3,6H2,1-2H3,(H2,18,22)/t10-/m0/s1. The number of thioether (sulfide) groups is 1. The number of primary amides is 1. The molecule has 2 N–H and O–H groups in total. The van der Waals surface area contributed by atoms with Crippen molar-refractivity contribution in [2.75, 3.05) is 0 Å². The summed E-state index contributed by atoms with van der Waals surface area (Å²) in [5.74, 6) is 0.800. The van der Waals surface area contributed by atoms with Crippen molar-refractivity contribution in [3.63, 3.8) is 0 Å². The van der Waals surface area contributed by atoms with E-state index in [1.165, 1.54) is 11.8 Å². The number of fused-ring (bicyclic) bond motifs is 1. The van der Waals surface area contributed by atoms with Crippen LogP contribution in [0.5, 0.6) is 0 Å². The van der Waals surface area contributed by atoms with E-state index in [0.717, 1.165) is 23.7 Å². The summed E-state index contributed by atoms with van der Waals surface area (Å²) < 4.78 is 5.32. The van der Waals surface area contributed by atoms with E-state index < -0.39 is 5.91 Å². The fourth-order valence-corrected chi connectivity index (χ4v) is 3.30. The summed E-state index contributed by atoms with van der Waals surface area (Å²) in [4.78, 5) is 20.7. The topological polar surface area (TPSA) is 94.9 Å². The number of benzene rings is 1. The molecule has 0 fully saturated rings. The van der Waals surface area contributed by atoms with Crippen LogP contribution < -0.4 is 5.73 Å². The molecule has 2 heterocycles. The van der Waals surface area contributed by atoms with Gasteiger partial charge in [0.1, 0.15) is 0 Å². The highest BCUT2D eigenvalue weighted by Gasteiger charge is 2.18. The van der Waals surface area contributed by atoms with Gasteiger partial charge in [-0.05, 0) is 25.5 Å². The van der Waals surface area contributed by atoms with Gasteiger partial charge in [0.25, 0.3) is 0 Å². The first-order valence-electron chi connectivity index (χ1n) is 7.77. The maximum absolute atomic E-state index is 11.7. The van der Waals surface area contributed by atoms with Crippen molar-refractivity contribution < 1.29 is 9.32 Å². The van der Waals surface area contributed by atoms with Crippen molar-refractivity contribution in [3.05, 3.63) is 47.6 Å². The zero-order valence-electron chi connectivity index (χ0n) is 13.5. The summed E-state index contributed by atoms with van der Waals surface area (Å²) in [7, 11) is 0. The van der Waals surface area contributed by atoms with Crippen LogP contribution in [0.3, 0.4) is 0 Å². The number of para-hydroxylation sites is 1. The predicted molar refractivity (Wildman–Crippen MR) is 92.8 cm³/mol. The lowest BCUT2D eigenvalue weighted by atomic mass is 10.1. The minimum atomic E-state index is -0.467. The zero-order chi connectivity index (χ0) is 17.1. The van der Waals surface area contributed by atoms with E-state index in [-0.39, 0.29) is 5.25 Å². The van der Waals surface area contributed by atoms with E-state index in [0.29, 0.717) is 22.3 Å². The largest absolute Gasteiger partial charge is 0.366 e. The van der Waals surface area contributed by atoms with Gasteiger partial charge in [-0.3, -0.25) is 4.79 Å². The Labute approximate surface area is 143 Å². The number of aromatic nitrogens is 3. The second kappa shape index (κ2) is 7.00. The Kier molecular flexibility index (Phi) is 4.80. The molecule has 0 unspecified atom stereocenters.